The second-order valence-electron chi connectivity index (χ2n) is 6.16. The highest BCUT2D eigenvalue weighted by atomic mass is 35.5. The van der Waals surface area contributed by atoms with Crippen LogP contribution in [0.25, 0.3) is 0 Å². The summed E-state index contributed by atoms with van der Waals surface area (Å²) in [6.07, 6.45) is 0. The third-order valence-corrected chi connectivity index (χ3v) is 6.08. The molecule has 0 fully saturated rings. The van der Waals surface area contributed by atoms with Crippen LogP contribution in [0.4, 0.5) is 10.1 Å². The molecule has 138 valence electrons. The first-order chi connectivity index (χ1) is 12.8. The van der Waals surface area contributed by atoms with Crippen LogP contribution in [0.1, 0.15) is 11.1 Å². The van der Waals surface area contributed by atoms with Gasteiger partial charge in [0.25, 0.3) is 11.8 Å². The number of halogens is 2. The Hall–Kier alpha value is -2.42. The standard InChI is InChI=1S/C18H13ClFN3O3S/c19-11-5-3-6-12(20)9(11)8-23-13-7-2-1-4-10(13)18(26,16(23)25)14-15(24)22-17(21)27-14/h1-7,14,26H,8H2,(H2,21,22,24)/t14-,18-/m1/s1. The van der Waals surface area contributed by atoms with E-state index in [1.54, 1.807) is 24.3 Å². The number of benzene rings is 2. The summed E-state index contributed by atoms with van der Waals surface area (Å²) in [7, 11) is 0. The fourth-order valence-electron chi connectivity index (χ4n) is 3.34. The number of aliphatic imine (C=N–C) groups is 1. The smallest absolute Gasteiger partial charge is 0.265 e. The summed E-state index contributed by atoms with van der Waals surface area (Å²) in [5, 5.41) is 10.2. The highest BCUT2D eigenvalue weighted by Crippen LogP contribution is 2.48. The van der Waals surface area contributed by atoms with Gasteiger partial charge in [-0.05, 0) is 18.2 Å². The van der Waals surface area contributed by atoms with Gasteiger partial charge < -0.3 is 15.7 Å². The third kappa shape index (κ3) is 2.63. The van der Waals surface area contributed by atoms with Gasteiger partial charge in [-0.25, -0.2) is 4.39 Å². The van der Waals surface area contributed by atoms with Gasteiger partial charge in [-0.2, -0.15) is 4.99 Å². The first-order valence-corrected chi connectivity index (χ1v) is 9.21. The molecule has 0 aliphatic carbocycles. The number of para-hydroxylation sites is 1. The van der Waals surface area contributed by atoms with Gasteiger partial charge in [0.2, 0.25) is 0 Å². The van der Waals surface area contributed by atoms with Crippen molar-refractivity contribution >= 4 is 46.0 Å². The number of amides is 2. The second kappa shape index (κ2) is 6.33. The van der Waals surface area contributed by atoms with Crippen LogP contribution in [0.2, 0.25) is 5.02 Å². The molecule has 2 aliphatic rings. The molecule has 0 radical (unpaired) electrons. The first kappa shape index (κ1) is 18.0. The molecule has 0 saturated carbocycles. The van der Waals surface area contributed by atoms with Crippen molar-refractivity contribution in [1.82, 2.24) is 0 Å². The number of nitrogens with two attached hydrogens (primary N) is 1. The molecule has 2 aromatic carbocycles. The molecule has 2 aliphatic heterocycles. The summed E-state index contributed by atoms with van der Waals surface area (Å²) in [5.74, 6) is -2.00. The molecule has 27 heavy (non-hydrogen) atoms. The molecule has 2 aromatic rings. The molecular formula is C18H13ClFN3O3S. The maximum atomic E-state index is 14.2. The zero-order valence-electron chi connectivity index (χ0n) is 13.7. The van der Waals surface area contributed by atoms with E-state index in [2.05, 4.69) is 4.99 Å². The fraction of sp³-hybridized carbons (Fsp3) is 0.167. The summed E-state index contributed by atoms with van der Waals surface area (Å²) in [4.78, 5) is 30.2. The van der Waals surface area contributed by atoms with Gasteiger partial charge >= 0.3 is 0 Å². The number of nitrogens with zero attached hydrogens (tertiary/aromatic N) is 2. The molecule has 2 amide bonds. The number of fused-ring (bicyclic) bond motifs is 1. The molecule has 9 heteroatoms. The van der Waals surface area contributed by atoms with Crippen molar-refractivity contribution in [1.29, 1.82) is 0 Å². The predicted molar refractivity (Wildman–Crippen MR) is 101 cm³/mol. The number of anilines is 1. The minimum Gasteiger partial charge on any atom is -0.378 e. The van der Waals surface area contributed by atoms with Crippen molar-refractivity contribution in [2.45, 2.75) is 17.4 Å². The quantitative estimate of drug-likeness (QED) is 0.815. The Morgan fingerprint density at radius 3 is 2.67 bits per heavy atom. The maximum Gasteiger partial charge on any atom is 0.265 e. The Morgan fingerprint density at radius 1 is 1.26 bits per heavy atom. The van der Waals surface area contributed by atoms with Gasteiger partial charge in [0.15, 0.2) is 10.8 Å². The lowest BCUT2D eigenvalue weighted by atomic mass is 9.91. The lowest BCUT2D eigenvalue weighted by Crippen LogP contribution is -2.49. The van der Waals surface area contributed by atoms with Gasteiger partial charge in [0, 0.05) is 16.1 Å². The normalized spacial score (nSPS) is 24.3. The van der Waals surface area contributed by atoms with Crippen LogP contribution < -0.4 is 10.6 Å². The SMILES string of the molecule is NC1=NC(=O)[C@H]([C@@]2(O)C(=O)N(Cc3c(F)cccc3Cl)c3ccccc32)S1. The molecule has 0 unspecified atom stereocenters. The number of carbonyl (C=O) groups is 2. The van der Waals surface area contributed by atoms with E-state index >= 15 is 0 Å². The van der Waals surface area contributed by atoms with E-state index in [4.69, 9.17) is 17.3 Å². The van der Waals surface area contributed by atoms with Crippen LogP contribution in [0, 0.1) is 5.82 Å². The molecule has 3 N–H and O–H groups in total. The Kier molecular flexibility index (Phi) is 4.21. The van der Waals surface area contributed by atoms with Crippen molar-refractivity contribution in [3.63, 3.8) is 0 Å². The van der Waals surface area contributed by atoms with Gasteiger partial charge in [-0.1, -0.05) is 47.6 Å². The molecule has 2 heterocycles. The van der Waals surface area contributed by atoms with E-state index in [0.29, 0.717) is 5.69 Å². The van der Waals surface area contributed by atoms with Crippen molar-refractivity contribution < 1.29 is 19.1 Å². The van der Waals surface area contributed by atoms with Crippen LogP contribution in [0.15, 0.2) is 47.5 Å². The van der Waals surface area contributed by atoms with E-state index in [0.717, 1.165) is 11.8 Å². The average molecular weight is 406 g/mol. The maximum absolute atomic E-state index is 14.2. The van der Waals surface area contributed by atoms with Crippen molar-refractivity contribution in [2.24, 2.45) is 10.7 Å². The molecule has 0 spiro atoms. The number of carbonyl (C=O) groups excluding carboxylic acids is 2. The molecule has 2 atom stereocenters. The number of amidine groups is 1. The summed E-state index contributed by atoms with van der Waals surface area (Å²) in [5.41, 5.74) is 4.19. The largest absolute Gasteiger partial charge is 0.378 e. The van der Waals surface area contributed by atoms with Gasteiger partial charge in [-0.3, -0.25) is 9.59 Å². The summed E-state index contributed by atoms with van der Waals surface area (Å²) >= 11 is 6.92. The van der Waals surface area contributed by atoms with Gasteiger partial charge in [0.1, 0.15) is 11.1 Å². The number of hydrogen-bond donors (Lipinski definition) is 2. The van der Waals surface area contributed by atoms with Crippen LogP contribution in [-0.2, 0) is 21.7 Å². The van der Waals surface area contributed by atoms with E-state index in [1.165, 1.54) is 23.1 Å². The molecule has 6 nitrogen and oxygen atoms in total. The van der Waals surface area contributed by atoms with E-state index < -0.39 is 28.5 Å². The highest BCUT2D eigenvalue weighted by molar-refractivity contribution is 8.15. The molecular weight excluding hydrogens is 393 g/mol. The topological polar surface area (TPSA) is 96.0 Å². The summed E-state index contributed by atoms with van der Waals surface area (Å²) < 4.78 is 14.2. The third-order valence-electron chi connectivity index (χ3n) is 4.62. The summed E-state index contributed by atoms with van der Waals surface area (Å²) in [6, 6.07) is 10.7. The minimum atomic E-state index is -2.15. The van der Waals surface area contributed by atoms with Crippen molar-refractivity contribution in [2.75, 3.05) is 4.90 Å². The molecule has 0 bridgehead atoms. The predicted octanol–water partition coefficient (Wildman–Crippen LogP) is 2.17. The highest BCUT2D eigenvalue weighted by Gasteiger charge is 2.59. The Balaban J connectivity index is 1.80. The zero-order chi connectivity index (χ0) is 19.3. The van der Waals surface area contributed by atoms with E-state index in [1.807, 2.05) is 0 Å². The minimum absolute atomic E-state index is 0.0145. The number of rotatable bonds is 3. The molecule has 4 rings (SSSR count). The lowest BCUT2D eigenvalue weighted by molar-refractivity contribution is -0.140. The Morgan fingerprint density at radius 2 is 2.00 bits per heavy atom. The molecule has 0 aromatic heterocycles. The van der Waals surface area contributed by atoms with Crippen LogP contribution in [0.5, 0.6) is 0 Å². The van der Waals surface area contributed by atoms with Crippen LogP contribution in [0.3, 0.4) is 0 Å². The van der Waals surface area contributed by atoms with Crippen LogP contribution in [-0.4, -0.2) is 27.3 Å². The Labute approximate surface area is 162 Å². The zero-order valence-corrected chi connectivity index (χ0v) is 15.3. The van der Waals surface area contributed by atoms with Gasteiger partial charge in [0.05, 0.1) is 12.2 Å². The Bertz CT molecular complexity index is 995. The van der Waals surface area contributed by atoms with Crippen molar-refractivity contribution in [3.8, 4) is 0 Å². The van der Waals surface area contributed by atoms with E-state index in [-0.39, 0.29) is 27.9 Å². The summed E-state index contributed by atoms with van der Waals surface area (Å²) in [6.45, 7) is -0.189. The fourth-order valence-corrected chi connectivity index (χ4v) is 4.50. The second-order valence-corrected chi connectivity index (χ2v) is 7.69. The van der Waals surface area contributed by atoms with Crippen molar-refractivity contribution in [3.05, 3.63) is 64.4 Å². The first-order valence-electron chi connectivity index (χ1n) is 7.95. The molecule has 0 saturated heterocycles. The number of thioether (sulfide) groups is 1. The average Bonchev–Trinajstić information content (AvgIpc) is 3.08. The monoisotopic (exact) mass is 405 g/mol. The number of hydrogen-bond acceptors (Lipinski definition) is 5. The van der Waals surface area contributed by atoms with Crippen LogP contribution >= 0.6 is 23.4 Å². The van der Waals surface area contributed by atoms with Gasteiger partial charge in [-0.15, -0.1) is 0 Å². The lowest BCUT2D eigenvalue weighted by Gasteiger charge is -2.26. The number of aliphatic hydroxyl groups is 1. The van der Waals surface area contributed by atoms with E-state index in [9.17, 15) is 19.1 Å².